The third-order valence-corrected chi connectivity index (χ3v) is 3.12. The van der Waals surface area contributed by atoms with Gasteiger partial charge in [-0.2, -0.15) is 0 Å². The summed E-state index contributed by atoms with van der Waals surface area (Å²) in [6, 6.07) is 5.28. The number of hydrogen-bond acceptors (Lipinski definition) is 3. The van der Waals surface area contributed by atoms with Gasteiger partial charge in [-0.25, -0.2) is 0 Å². The molecule has 2 rings (SSSR count). The molecule has 0 bridgehead atoms. The van der Waals surface area contributed by atoms with E-state index in [1.165, 1.54) is 4.90 Å². The number of carbonyl (C=O) groups excluding carboxylic acids is 2. The summed E-state index contributed by atoms with van der Waals surface area (Å²) in [5.74, 6) is 4.80. The van der Waals surface area contributed by atoms with Crippen LogP contribution < -0.4 is 4.90 Å². The summed E-state index contributed by atoms with van der Waals surface area (Å²) in [7, 11) is 0. The average molecular weight is 257 g/mol. The second-order valence-corrected chi connectivity index (χ2v) is 4.63. The van der Waals surface area contributed by atoms with Gasteiger partial charge in [0.05, 0.1) is 5.69 Å². The van der Waals surface area contributed by atoms with E-state index in [4.69, 9.17) is 5.11 Å². The Kier molecular flexibility index (Phi) is 3.68. The highest BCUT2D eigenvalue weighted by Gasteiger charge is 2.37. The van der Waals surface area contributed by atoms with Crippen LogP contribution in [0.5, 0.6) is 0 Å². The molecule has 1 atom stereocenters. The first-order valence-corrected chi connectivity index (χ1v) is 6.11. The smallest absolute Gasteiger partial charge is 0.237 e. The number of rotatable bonds is 1. The Morgan fingerprint density at radius 2 is 2.16 bits per heavy atom. The van der Waals surface area contributed by atoms with E-state index in [1.807, 2.05) is 13.0 Å². The Morgan fingerprint density at radius 3 is 2.68 bits per heavy atom. The van der Waals surface area contributed by atoms with Crippen LogP contribution in [0.2, 0.25) is 0 Å². The molecule has 1 aliphatic rings. The Balaban J connectivity index is 2.36. The van der Waals surface area contributed by atoms with Crippen molar-refractivity contribution < 1.29 is 14.7 Å². The van der Waals surface area contributed by atoms with Gasteiger partial charge >= 0.3 is 0 Å². The average Bonchev–Trinajstić information content (AvgIpc) is 2.62. The number of aliphatic hydroxyl groups is 1. The van der Waals surface area contributed by atoms with Gasteiger partial charge in [0.1, 0.15) is 6.61 Å². The van der Waals surface area contributed by atoms with Crippen LogP contribution >= 0.6 is 0 Å². The molecule has 0 aromatic heterocycles. The quantitative estimate of drug-likeness (QED) is 0.608. The normalized spacial score (nSPS) is 18.5. The summed E-state index contributed by atoms with van der Waals surface area (Å²) in [5, 5.41) is 8.65. The Morgan fingerprint density at radius 1 is 1.42 bits per heavy atom. The summed E-state index contributed by atoms with van der Waals surface area (Å²) in [6.45, 7) is 3.40. The standard InChI is InChI=1S/C15H15NO3/c1-10-8-12(4-3-7-17)5-6-13(10)16-14(18)9-11(2)15(16)19/h5-6,8,11,17H,7,9H2,1-2H3. The van der Waals surface area contributed by atoms with E-state index >= 15 is 0 Å². The van der Waals surface area contributed by atoms with Crippen LogP contribution in [-0.2, 0) is 9.59 Å². The number of amides is 2. The lowest BCUT2D eigenvalue weighted by Crippen LogP contribution is -2.30. The van der Waals surface area contributed by atoms with Gasteiger partial charge in [-0.3, -0.25) is 14.5 Å². The number of carbonyl (C=O) groups is 2. The number of imide groups is 1. The molecule has 0 radical (unpaired) electrons. The minimum absolute atomic E-state index is 0.151. The summed E-state index contributed by atoms with van der Waals surface area (Å²) in [6.07, 6.45) is 0.268. The van der Waals surface area contributed by atoms with Crippen LogP contribution in [0.25, 0.3) is 0 Å². The van der Waals surface area contributed by atoms with Crippen LogP contribution in [-0.4, -0.2) is 23.5 Å². The number of nitrogens with zero attached hydrogens (tertiary/aromatic N) is 1. The lowest BCUT2D eigenvalue weighted by atomic mass is 10.1. The zero-order chi connectivity index (χ0) is 14.0. The second-order valence-electron chi connectivity index (χ2n) is 4.63. The fourth-order valence-electron chi connectivity index (χ4n) is 2.16. The molecule has 1 saturated heterocycles. The first-order chi connectivity index (χ1) is 9.04. The van der Waals surface area contributed by atoms with Crippen molar-refractivity contribution in [2.24, 2.45) is 5.92 Å². The second kappa shape index (κ2) is 5.25. The van der Waals surface area contributed by atoms with E-state index in [-0.39, 0.29) is 30.8 Å². The predicted molar refractivity (Wildman–Crippen MR) is 71.4 cm³/mol. The van der Waals surface area contributed by atoms with Crippen LogP contribution in [0.4, 0.5) is 5.69 Å². The van der Waals surface area contributed by atoms with Crippen molar-refractivity contribution in [1.82, 2.24) is 0 Å². The zero-order valence-electron chi connectivity index (χ0n) is 10.9. The molecule has 1 aliphatic heterocycles. The minimum Gasteiger partial charge on any atom is -0.384 e. The zero-order valence-corrected chi connectivity index (χ0v) is 10.9. The molecule has 0 saturated carbocycles. The third-order valence-electron chi connectivity index (χ3n) is 3.12. The van der Waals surface area contributed by atoms with Crippen molar-refractivity contribution in [2.45, 2.75) is 20.3 Å². The third kappa shape index (κ3) is 2.51. The number of hydrogen-bond donors (Lipinski definition) is 1. The molecule has 4 nitrogen and oxygen atoms in total. The van der Waals surface area contributed by atoms with Gasteiger partial charge in [0, 0.05) is 17.9 Å². The Labute approximate surface area is 112 Å². The molecule has 1 heterocycles. The molecule has 2 amide bonds. The Hall–Kier alpha value is -2.12. The van der Waals surface area contributed by atoms with Gasteiger partial charge in [0.25, 0.3) is 0 Å². The van der Waals surface area contributed by atoms with Crippen molar-refractivity contribution in [1.29, 1.82) is 0 Å². The molecule has 0 aliphatic carbocycles. The van der Waals surface area contributed by atoms with Crippen LogP contribution in [0.3, 0.4) is 0 Å². The van der Waals surface area contributed by atoms with Crippen molar-refractivity contribution in [2.75, 3.05) is 11.5 Å². The van der Waals surface area contributed by atoms with Crippen LogP contribution in [0.1, 0.15) is 24.5 Å². The maximum atomic E-state index is 12.0. The lowest BCUT2D eigenvalue weighted by molar-refractivity contribution is -0.122. The molecule has 98 valence electrons. The van der Waals surface area contributed by atoms with Gasteiger partial charge in [0.15, 0.2) is 0 Å². The Bertz CT molecular complexity index is 595. The summed E-state index contributed by atoms with van der Waals surface area (Å²) in [4.78, 5) is 25.1. The first-order valence-electron chi connectivity index (χ1n) is 6.11. The fraction of sp³-hybridized carbons (Fsp3) is 0.333. The molecule has 4 heteroatoms. The summed E-state index contributed by atoms with van der Waals surface area (Å²) < 4.78 is 0. The molecule has 1 unspecified atom stereocenters. The lowest BCUT2D eigenvalue weighted by Gasteiger charge is -2.17. The molecule has 0 spiro atoms. The van der Waals surface area contributed by atoms with Gasteiger partial charge in [-0.1, -0.05) is 18.8 Å². The minimum atomic E-state index is -0.249. The van der Waals surface area contributed by atoms with Crippen molar-refractivity contribution >= 4 is 17.5 Å². The highest BCUT2D eigenvalue weighted by molar-refractivity contribution is 6.21. The van der Waals surface area contributed by atoms with E-state index in [9.17, 15) is 9.59 Å². The predicted octanol–water partition coefficient (Wildman–Crippen LogP) is 1.24. The monoisotopic (exact) mass is 257 g/mol. The van der Waals surface area contributed by atoms with Crippen molar-refractivity contribution in [3.8, 4) is 11.8 Å². The highest BCUT2D eigenvalue weighted by Crippen LogP contribution is 2.29. The van der Waals surface area contributed by atoms with Crippen LogP contribution in [0, 0.1) is 24.7 Å². The number of aliphatic hydroxyl groups excluding tert-OH is 1. The molecule has 1 aromatic carbocycles. The topological polar surface area (TPSA) is 57.6 Å². The first kappa shape index (κ1) is 13.3. The van der Waals surface area contributed by atoms with Gasteiger partial charge < -0.3 is 5.11 Å². The number of benzene rings is 1. The van der Waals surface area contributed by atoms with Crippen molar-refractivity contribution in [3.05, 3.63) is 29.3 Å². The number of aryl methyl sites for hydroxylation is 1. The summed E-state index contributed by atoms with van der Waals surface area (Å²) >= 11 is 0. The van der Waals surface area contributed by atoms with Gasteiger partial charge in [0.2, 0.25) is 11.8 Å². The summed E-state index contributed by atoms with van der Waals surface area (Å²) in [5.41, 5.74) is 2.19. The molecule has 1 aromatic rings. The number of anilines is 1. The molecular formula is C15H15NO3. The van der Waals surface area contributed by atoms with E-state index in [0.29, 0.717) is 5.69 Å². The molecule has 19 heavy (non-hydrogen) atoms. The van der Waals surface area contributed by atoms with E-state index in [1.54, 1.807) is 19.1 Å². The van der Waals surface area contributed by atoms with Gasteiger partial charge in [-0.15, -0.1) is 0 Å². The van der Waals surface area contributed by atoms with E-state index < -0.39 is 0 Å². The molecular weight excluding hydrogens is 242 g/mol. The largest absolute Gasteiger partial charge is 0.384 e. The molecule has 1 N–H and O–H groups in total. The molecule has 1 fully saturated rings. The fourth-order valence-corrected chi connectivity index (χ4v) is 2.16. The van der Waals surface area contributed by atoms with Gasteiger partial charge in [-0.05, 0) is 30.7 Å². The van der Waals surface area contributed by atoms with Crippen molar-refractivity contribution in [3.63, 3.8) is 0 Å². The maximum Gasteiger partial charge on any atom is 0.237 e. The highest BCUT2D eigenvalue weighted by atomic mass is 16.2. The van der Waals surface area contributed by atoms with E-state index in [2.05, 4.69) is 11.8 Å². The SMILES string of the molecule is Cc1cc(C#CCO)ccc1N1C(=O)CC(C)C1=O. The van der Waals surface area contributed by atoms with E-state index in [0.717, 1.165) is 11.1 Å². The maximum absolute atomic E-state index is 12.0. The van der Waals surface area contributed by atoms with Crippen LogP contribution in [0.15, 0.2) is 18.2 Å².